The Kier molecular flexibility index (Phi) is 12.4. The molecule has 1 saturated heterocycles. The van der Waals surface area contributed by atoms with E-state index in [9.17, 15) is 24.3 Å². The van der Waals surface area contributed by atoms with Gasteiger partial charge in [0, 0.05) is 6.54 Å². The smallest absolute Gasteiger partial charge is 0.326 e. The molecule has 0 aromatic carbocycles. The van der Waals surface area contributed by atoms with Crippen LogP contribution in [0, 0.1) is 11.8 Å². The molecule has 0 bridgehead atoms. The van der Waals surface area contributed by atoms with Gasteiger partial charge in [0.1, 0.15) is 18.1 Å². The second-order valence-corrected chi connectivity index (χ2v) is 9.48. The second kappa shape index (κ2) is 14.1. The number of unbranched alkanes of at least 4 members (excludes halogenated alkanes) is 1. The number of rotatable bonds is 14. The fourth-order valence-electron chi connectivity index (χ4n) is 4.04. The molecule has 1 heterocycles. The van der Waals surface area contributed by atoms with Crippen molar-refractivity contribution in [3.63, 3.8) is 0 Å². The van der Waals surface area contributed by atoms with Crippen LogP contribution in [-0.2, 0) is 19.2 Å². The maximum Gasteiger partial charge on any atom is 0.326 e. The monoisotopic (exact) mass is 469 g/mol. The van der Waals surface area contributed by atoms with E-state index in [4.69, 9.17) is 11.5 Å². The van der Waals surface area contributed by atoms with E-state index in [1.165, 1.54) is 4.90 Å². The average Bonchev–Trinajstić information content (AvgIpc) is 3.25. The molecule has 0 saturated carbocycles. The molecular weight excluding hydrogens is 426 g/mol. The Bertz CT molecular complexity index is 672. The number of amides is 3. The Hall–Kier alpha value is -2.20. The lowest BCUT2D eigenvalue weighted by Gasteiger charge is -2.31. The van der Waals surface area contributed by atoms with Crippen LogP contribution in [0.25, 0.3) is 0 Å². The number of nitrogens with two attached hydrogens (primary N) is 2. The number of carbonyl (C=O) groups excluding carboxylic acids is 3. The van der Waals surface area contributed by atoms with Gasteiger partial charge in [0.15, 0.2) is 0 Å². The molecule has 0 aliphatic carbocycles. The average molecular weight is 470 g/mol. The minimum atomic E-state index is -1.04. The molecule has 190 valence electrons. The lowest BCUT2D eigenvalue weighted by Crippen LogP contribution is -2.58. The number of nitrogens with one attached hydrogen (secondary N) is 2. The zero-order chi connectivity index (χ0) is 25.1. The summed E-state index contributed by atoms with van der Waals surface area (Å²) in [6.07, 6.45) is 3.97. The highest BCUT2D eigenvalue weighted by atomic mass is 16.4. The van der Waals surface area contributed by atoms with Crippen LogP contribution in [0.5, 0.6) is 0 Å². The first-order valence-corrected chi connectivity index (χ1v) is 12.1. The Balaban J connectivity index is 2.96. The lowest BCUT2D eigenvalue weighted by atomic mass is 9.96. The molecule has 0 radical (unpaired) electrons. The van der Waals surface area contributed by atoms with Crippen LogP contribution in [0.15, 0.2) is 0 Å². The van der Waals surface area contributed by atoms with Crippen molar-refractivity contribution in [1.29, 1.82) is 0 Å². The van der Waals surface area contributed by atoms with Gasteiger partial charge in [0.2, 0.25) is 17.7 Å². The zero-order valence-electron chi connectivity index (χ0n) is 20.5. The standard InChI is InChI=1S/C23H43N5O5/c1-5-15(4)19(27-20(29)16(25)9-6-7-11-24)21(30)26-17(13-14(2)3)22(31)28-12-8-10-18(28)23(32)33/h14-19H,5-13,24-25H2,1-4H3,(H,26,30)(H,27,29)(H,32,33). The normalized spacial score (nSPS) is 19.6. The fourth-order valence-corrected chi connectivity index (χ4v) is 4.04. The van der Waals surface area contributed by atoms with Crippen molar-refractivity contribution < 1.29 is 24.3 Å². The number of hydrogen-bond donors (Lipinski definition) is 5. The van der Waals surface area contributed by atoms with Crippen LogP contribution in [-0.4, -0.2) is 71.0 Å². The molecule has 1 aliphatic rings. The predicted octanol–water partition coefficient (Wildman–Crippen LogP) is 0.580. The summed E-state index contributed by atoms with van der Waals surface area (Å²) in [6.45, 7) is 8.50. The minimum Gasteiger partial charge on any atom is -0.480 e. The van der Waals surface area contributed by atoms with Gasteiger partial charge in [-0.2, -0.15) is 0 Å². The van der Waals surface area contributed by atoms with Crippen LogP contribution in [0.1, 0.15) is 72.6 Å². The molecular formula is C23H43N5O5. The maximum absolute atomic E-state index is 13.2. The Morgan fingerprint density at radius 1 is 1.09 bits per heavy atom. The zero-order valence-corrected chi connectivity index (χ0v) is 20.5. The van der Waals surface area contributed by atoms with Gasteiger partial charge in [-0.05, 0) is 50.5 Å². The summed E-state index contributed by atoms with van der Waals surface area (Å²) in [5.74, 6) is -2.39. The van der Waals surface area contributed by atoms with Crippen LogP contribution in [0.2, 0.25) is 0 Å². The SMILES string of the molecule is CCC(C)C(NC(=O)C(N)CCCCN)C(=O)NC(CC(C)C)C(=O)N1CCCC1C(=O)O. The molecule has 10 heteroatoms. The van der Waals surface area contributed by atoms with Crippen molar-refractivity contribution in [3.05, 3.63) is 0 Å². The maximum atomic E-state index is 13.2. The molecule has 1 fully saturated rings. The number of likely N-dealkylation sites (tertiary alicyclic amines) is 1. The van der Waals surface area contributed by atoms with Gasteiger partial charge in [-0.3, -0.25) is 14.4 Å². The Morgan fingerprint density at radius 2 is 1.76 bits per heavy atom. The number of nitrogens with zero attached hydrogens (tertiary/aromatic N) is 1. The molecule has 0 spiro atoms. The molecule has 5 atom stereocenters. The molecule has 7 N–H and O–H groups in total. The first-order valence-electron chi connectivity index (χ1n) is 12.1. The molecule has 3 amide bonds. The van der Waals surface area contributed by atoms with Gasteiger partial charge >= 0.3 is 5.97 Å². The minimum absolute atomic E-state index is 0.0951. The lowest BCUT2D eigenvalue weighted by molar-refractivity contribution is -0.149. The van der Waals surface area contributed by atoms with Crippen molar-refractivity contribution in [2.24, 2.45) is 23.3 Å². The third-order valence-electron chi connectivity index (χ3n) is 6.24. The molecule has 1 rings (SSSR count). The summed E-state index contributed by atoms with van der Waals surface area (Å²) in [6, 6.07) is -3.33. The summed E-state index contributed by atoms with van der Waals surface area (Å²) in [7, 11) is 0. The van der Waals surface area contributed by atoms with E-state index in [2.05, 4.69) is 10.6 Å². The van der Waals surface area contributed by atoms with E-state index in [0.717, 1.165) is 12.8 Å². The van der Waals surface area contributed by atoms with Crippen molar-refractivity contribution in [1.82, 2.24) is 15.5 Å². The van der Waals surface area contributed by atoms with Gasteiger partial charge in [0.05, 0.1) is 6.04 Å². The van der Waals surface area contributed by atoms with Gasteiger partial charge in [0.25, 0.3) is 0 Å². The van der Waals surface area contributed by atoms with Crippen molar-refractivity contribution in [2.75, 3.05) is 13.1 Å². The van der Waals surface area contributed by atoms with Crippen LogP contribution < -0.4 is 22.1 Å². The molecule has 0 aromatic heterocycles. The van der Waals surface area contributed by atoms with Gasteiger partial charge < -0.3 is 32.1 Å². The van der Waals surface area contributed by atoms with Gasteiger partial charge in [-0.15, -0.1) is 0 Å². The highest BCUT2D eigenvalue weighted by Gasteiger charge is 2.39. The first kappa shape index (κ1) is 28.8. The summed E-state index contributed by atoms with van der Waals surface area (Å²) in [4.78, 5) is 51.9. The largest absolute Gasteiger partial charge is 0.480 e. The van der Waals surface area contributed by atoms with Crippen molar-refractivity contribution in [3.8, 4) is 0 Å². The molecule has 5 unspecified atom stereocenters. The Morgan fingerprint density at radius 3 is 2.30 bits per heavy atom. The van der Waals surface area contributed by atoms with Gasteiger partial charge in [-0.25, -0.2) is 4.79 Å². The van der Waals surface area contributed by atoms with E-state index < -0.39 is 47.9 Å². The third kappa shape index (κ3) is 8.92. The Labute approximate surface area is 197 Å². The van der Waals surface area contributed by atoms with Crippen molar-refractivity contribution >= 4 is 23.7 Å². The van der Waals surface area contributed by atoms with Crippen LogP contribution in [0.3, 0.4) is 0 Å². The summed E-state index contributed by atoms with van der Waals surface area (Å²) in [5.41, 5.74) is 11.5. The first-order chi connectivity index (χ1) is 15.5. The topological polar surface area (TPSA) is 168 Å². The second-order valence-electron chi connectivity index (χ2n) is 9.48. The van der Waals surface area contributed by atoms with Crippen molar-refractivity contribution in [2.45, 2.75) is 96.8 Å². The number of carboxylic acids is 1. The molecule has 1 aliphatic heterocycles. The number of carbonyl (C=O) groups is 4. The predicted molar refractivity (Wildman–Crippen MR) is 126 cm³/mol. The quantitative estimate of drug-likeness (QED) is 0.232. The molecule has 33 heavy (non-hydrogen) atoms. The number of aliphatic carboxylic acids is 1. The fraction of sp³-hybridized carbons (Fsp3) is 0.826. The summed E-state index contributed by atoms with van der Waals surface area (Å²) >= 11 is 0. The van der Waals surface area contributed by atoms with Gasteiger partial charge in [-0.1, -0.05) is 40.5 Å². The highest BCUT2D eigenvalue weighted by Crippen LogP contribution is 2.21. The molecule has 0 aromatic rings. The van der Waals surface area contributed by atoms with E-state index in [1.807, 2.05) is 27.7 Å². The van der Waals surface area contributed by atoms with Crippen LogP contribution >= 0.6 is 0 Å². The third-order valence-corrected chi connectivity index (χ3v) is 6.24. The van der Waals surface area contributed by atoms with E-state index in [-0.39, 0.29) is 11.8 Å². The van der Waals surface area contributed by atoms with E-state index in [0.29, 0.717) is 45.2 Å². The van der Waals surface area contributed by atoms with E-state index in [1.54, 1.807) is 0 Å². The number of hydrogen-bond acceptors (Lipinski definition) is 6. The number of carboxylic acid groups (broad SMARTS) is 1. The highest BCUT2D eigenvalue weighted by molar-refractivity contribution is 5.94. The summed E-state index contributed by atoms with van der Waals surface area (Å²) < 4.78 is 0. The van der Waals surface area contributed by atoms with E-state index >= 15 is 0 Å². The molecule has 10 nitrogen and oxygen atoms in total. The summed E-state index contributed by atoms with van der Waals surface area (Å²) in [5, 5.41) is 15.0. The van der Waals surface area contributed by atoms with Crippen LogP contribution in [0.4, 0.5) is 0 Å².